The number of hydrogen-bond acceptors (Lipinski definition) is 3. The third kappa shape index (κ3) is 1.48. The molecule has 4 nitrogen and oxygen atoms in total. The van der Waals surface area contributed by atoms with Gasteiger partial charge in [-0.2, -0.15) is 15.4 Å². The first-order chi connectivity index (χ1) is 6.27. The van der Waals surface area contributed by atoms with Gasteiger partial charge in [-0.3, -0.25) is 0 Å². The van der Waals surface area contributed by atoms with Gasteiger partial charge in [0.1, 0.15) is 5.69 Å². The van der Waals surface area contributed by atoms with E-state index in [4.69, 9.17) is 17.3 Å². The molecule has 0 bridgehead atoms. The highest BCUT2D eigenvalue weighted by molar-refractivity contribution is 6.31. The van der Waals surface area contributed by atoms with Gasteiger partial charge in [-0.25, -0.2) is 0 Å². The van der Waals surface area contributed by atoms with Crippen molar-refractivity contribution in [2.45, 2.75) is 0 Å². The highest BCUT2D eigenvalue weighted by Gasteiger charge is 2.05. The summed E-state index contributed by atoms with van der Waals surface area (Å²) in [4.78, 5) is 0. The van der Waals surface area contributed by atoms with Gasteiger partial charge in [0.05, 0.1) is 6.20 Å². The normalized spacial score (nSPS) is 10.2. The van der Waals surface area contributed by atoms with Crippen LogP contribution < -0.4 is 5.73 Å². The third-order valence-electron chi connectivity index (χ3n) is 1.71. The molecule has 2 aromatic rings. The van der Waals surface area contributed by atoms with Crippen molar-refractivity contribution >= 4 is 17.3 Å². The second-order valence-corrected chi connectivity index (χ2v) is 3.02. The number of nitrogens with two attached hydrogens (primary N) is 1. The Kier molecular flexibility index (Phi) is 1.90. The largest absolute Gasteiger partial charge is 0.398 e. The van der Waals surface area contributed by atoms with Gasteiger partial charge in [0.25, 0.3) is 0 Å². The fraction of sp³-hybridized carbons (Fsp3) is 0. The van der Waals surface area contributed by atoms with Crippen molar-refractivity contribution in [3.05, 3.63) is 29.4 Å². The minimum atomic E-state index is 0.632. The summed E-state index contributed by atoms with van der Waals surface area (Å²) in [7, 11) is 0. The maximum Gasteiger partial charge on any atom is 0.114 e. The zero-order valence-electron chi connectivity index (χ0n) is 6.66. The van der Waals surface area contributed by atoms with Gasteiger partial charge in [-0.05, 0) is 18.2 Å². The molecule has 0 aliphatic rings. The molecule has 1 heterocycles. The second kappa shape index (κ2) is 3.06. The Labute approximate surface area is 79.7 Å². The van der Waals surface area contributed by atoms with E-state index in [0.29, 0.717) is 16.4 Å². The van der Waals surface area contributed by atoms with E-state index in [-0.39, 0.29) is 0 Å². The van der Waals surface area contributed by atoms with Crippen molar-refractivity contribution in [2.75, 3.05) is 5.73 Å². The fourth-order valence-electron chi connectivity index (χ4n) is 1.08. The number of nitrogens with one attached hydrogen (secondary N) is 1. The minimum absolute atomic E-state index is 0.632. The molecule has 0 aliphatic heterocycles. The van der Waals surface area contributed by atoms with Gasteiger partial charge < -0.3 is 5.73 Å². The van der Waals surface area contributed by atoms with Crippen LogP contribution in [0, 0.1) is 0 Å². The second-order valence-electron chi connectivity index (χ2n) is 2.59. The molecule has 2 rings (SSSR count). The molecule has 1 aromatic carbocycles. The van der Waals surface area contributed by atoms with E-state index in [1.165, 1.54) is 0 Å². The number of rotatable bonds is 1. The maximum absolute atomic E-state index is 5.82. The molecule has 0 aliphatic carbocycles. The molecule has 13 heavy (non-hydrogen) atoms. The first-order valence-corrected chi connectivity index (χ1v) is 4.06. The molecule has 0 radical (unpaired) electrons. The lowest BCUT2D eigenvalue weighted by Crippen LogP contribution is -1.89. The smallest absolute Gasteiger partial charge is 0.114 e. The van der Waals surface area contributed by atoms with Crippen molar-refractivity contribution in [3.8, 4) is 11.3 Å². The van der Waals surface area contributed by atoms with Gasteiger partial charge in [0.2, 0.25) is 0 Å². The molecule has 3 N–H and O–H groups in total. The lowest BCUT2D eigenvalue weighted by molar-refractivity contribution is 0.942. The Balaban J connectivity index is 2.57. The fourth-order valence-corrected chi connectivity index (χ4v) is 1.25. The SMILES string of the molecule is Nc1ccc(Cl)cc1-c1cn[nH]n1. The van der Waals surface area contributed by atoms with E-state index in [9.17, 15) is 0 Å². The first-order valence-electron chi connectivity index (χ1n) is 3.68. The highest BCUT2D eigenvalue weighted by atomic mass is 35.5. The van der Waals surface area contributed by atoms with Crippen molar-refractivity contribution in [1.29, 1.82) is 0 Å². The number of anilines is 1. The summed E-state index contributed by atoms with van der Waals surface area (Å²) in [5.41, 5.74) is 7.86. The maximum atomic E-state index is 5.82. The van der Waals surface area contributed by atoms with Gasteiger partial charge in [-0.1, -0.05) is 11.6 Å². The molecule has 0 spiro atoms. The van der Waals surface area contributed by atoms with Crippen LogP contribution in [0.4, 0.5) is 5.69 Å². The van der Waals surface area contributed by atoms with E-state index in [2.05, 4.69) is 15.4 Å². The number of hydrogen-bond donors (Lipinski definition) is 2. The number of benzene rings is 1. The topological polar surface area (TPSA) is 67.6 Å². The average molecular weight is 195 g/mol. The van der Waals surface area contributed by atoms with Crippen molar-refractivity contribution in [2.24, 2.45) is 0 Å². The summed E-state index contributed by atoms with van der Waals surface area (Å²) in [6.07, 6.45) is 1.60. The summed E-state index contributed by atoms with van der Waals surface area (Å²) in [6, 6.07) is 5.24. The van der Waals surface area contributed by atoms with E-state index in [1.807, 2.05) is 0 Å². The van der Waals surface area contributed by atoms with Crippen LogP contribution in [0.2, 0.25) is 5.02 Å². The summed E-state index contributed by atoms with van der Waals surface area (Å²) in [6.45, 7) is 0. The van der Waals surface area contributed by atoms with Crippen LogP contribution in [-0.2, 0) is 0 Å². The predicted molar refractivity (Wildman–Crippen MR) is 51.2 cm³/mol. The summed E-state index contributed by atoms with van der Waals surface area (Å²) in [5, 5.41) is 10.8. The molecule has 5 heteroatoms. The van der Waals surface area contributed by atoms with Crippen LogP contribution >= 0.6 is 11.6 Å². The predicted octanol–water partition coefficient (Wildman–Crippen LogP) is 1.71. The van der Waals surface area contributed by atoms with Crippen molar-refractivity contribution < 1.29 is 0 Å². The molecule has 0 fully saturated rings. The number of H-pyrrole nitrogens is 1. The number of nitrogen functional groups attached to an aromatic ring is 1. The zero-order chi connectivity index (χ0) is 9.26. The third-order valence-corrected chi connectivity index (χ3v) is 1.94. The summed E-state index contributed by atoms with van der Waals surface area (Å²) < 4.78 is 0. The van der Waals surface area contributed by atoms with Crippen LogP contribution in [0.25, 0.3) is 11.3 Å². The van der Waals surface area contributed by atoms with Crippen LogP contribution in [-0.4, -0.2) is 15.4 Å². The lowest BCUT2D eigenvalue weighted by Gasteiger charge is -2.01. The Bertz CT molecular complexity index is 410. The van der Waals surface area contributed by atoms with Gasteiger partial charge in [-0.15, -0.1) is 0 Å². The molecular formula is C8H7ClN4. The molecule has 0 amide bonds. The van der Waals surface area contributed by atoms with Crippen molar-refractivity contribution in [3.63, 3.8) is 0 Å². The van der Waals surface area contributed by atoms with Crippen LogP contribution in [0.1, 0.15) is 0 Å². The Hall–Kier alpha value is -1.55. The monoisotopic (exact) mass is 194 g/mol. The number of aromatic amines is 1. The molecule has 0 atom stereocenters. The summed E-state index contributed by atoms with van der Waals surface area (Å²) in [5.74, 6) is 0. The van der Waals surface area contributed by atoms with Crippen LogP contribution in [0.15, 0.2) is 24.4 Å². The van der Waals surface area contributed by atoms with E-state index >= 15 is 0 Å². The van der Waals surface area contributed by atoms with Crippen molar-refractivity contribution in [1.82, 2.24) is 15.4 Å². The van der Waals surface area contributed by atoms with E-state index in [1.54, 1.807) is 24.4 Å². The van der Waals surface area contributed by atoms with Gasteiger partial charge >= 0.3 is 0 Å². The van der Waals surface area contributed by atoms with E-state index in [0.717, 1.165) is 5.56 Å². The van der Waals surface area contributed by atoms with Crippen LogP contribution in [0.3, 0.4) is 0 Å². The lowest BCUT2D eigenvalue weighted by atomic mass is 10.1. The standard InChI is InChI=1S/C8H7ClN4/c9-5-1-2-7(10)6(3-5)8-4-11-13-12-8/h1-4H,10H2,(H,11,12,13). The molecule has 1 aromatic heterocycles. The quantitative estimate of drug-likeness (QED) is 0.679. The molecule has 0 saturated carbocycles. The number of halogens is 1. The molecular weight excluding hydrogens is 188 g/mol. The van der Waals surface area contributed by atoms with Gasteiger partial charge in [0, 0.05) is 16.3 Å². The Morgan fingerprint density at radius 3 is 2.92 bits per heavy atom. The Morgan fingerprint density at radius 2 is 2.23 bits per heavy atom. The Morgan fingerprint density at radius 1 is 1.38 bits per heavy atom. The van der Waals surface area contributed by atoms with Gasteiger partial charge in [0.15, 0.2) is 0 Å². The number of nitrogens with zero attached hydrogens (tertiary/aromatic N) is 2. The number of aromatic nitrogens is 3. The highest BCUT2D eigenvalue weighted by Crippen LogP contribution is 2.26. The molecule has 66 valence electrons. The minimum Gasteiger partial charge on any atom is -0.398 e. The molecule has 0 saturated heterocycles. The average Bonchev–Trinajstić information content (AvgIpc) is 2.61. The first kappa shape index (κ1) is 8.07. The van der Waals surface area contributed by atoms with E-state index < -0.39 is 0 Å². The summed E-state index contributed by atoms with van der Waals surface area (Å²) >= 11 is 5.82. The molecule has 0 unspecified atom stereocenters. The zero-order valence-corrected chi connectivity index (χ0v) is 7.42. The van der Waals surface area contributed by atoms with Crippen LogP contribution in [0.5, 0.6) is 0 Å².